The van der Waals surface area contributed by atoms with E-state index < -0.39 is 0 Å². The highest BCUT2D eigenvalue weighted by molar-refractivity contribution is 4.88. The van der Waals surface area contributed by atoms with Crippen molar-refractivity contribution < 1.29 is 0 Å². The number of nitrogens with zero attached hydrogens (tertiary/aromatic N) is 2. The van der Waals surface area contributed by atoms with E-state index >= 15 is 0 Å². The SMILES string of the molecule is CCCC(C)(CNC)CN1CCN2CCCCC2C1. The highest BCUT2D eigenvalue weighted by Gasteiger charge is 2.32. The molecule has 2 unspecified atom stereocenters. The summed E-state index contributed by atoms with van der Waals surface area (Å²) in [5.41, 5.74) is 0.445. The molecule has 2 fully saturated rings. The Hall–Kier alpha value is -0.120. The topological polar surface area (TPSA) is 18.5 Å². The minimum absolute atomic E-state index is 0.445. The first kappa shape index (κ1) is 15.3. The Kier molecular flexibility index (Phi) is 5.67. The van der Waals surface area contributed by atoms with Crippen LogP contribution in [0.2, 0.25) is 0 Å². The number of hydrogen-bond acceptors (Lipinski definition) is 3. The molecular formula is C16H33N3. The highest BCUT2D eigenvalue weighted by Crippen LogP contribution is 2.27. The van der Waals surface area contributed by atoms with Crippen molar-refractivity contribution in [2.45, 2.75) is 52.0 Å². The zero-order chi connectivity index (χ0) is 13.7. The average molecular weight is 267 g/mol. The molecule has 0 aromatic heterocycles. The van der Waals surface area contributed by atoms with Crippen LogP contribution in [0.4, 0.5) is 0 Å². The van der Waals surface area contributed by atoms with Gasteiger partial charge in [0.1, 0.15) is 0 Å². The molecule has 2 atom stereocenters. The van der Waals surface area contributed by atoms with Crippen LogP contribution in [-0.4, -0.2) is 62.2 Å². The van der Waals surface area contributed by atoms with E-state index in [-0.39, 0.29) is 0 Å². The number of fused-ring (bicyclic) bond motifs is 1. The van der Waals surface area contributed by atoms with E-state index in [4.69, 9.17) is 0 Å². The van der Waals surface area contributed by atoms with Crippen molar-refractivity contribution in [3.63, 3.8) is 0 Å². The fourth-order valence-electron chi connectivity index (χ4n) is 4.16. The highest BCUT2D eigenvalue weighted by atomic mass is 15.3. The molecule has 1 N–H and O–H groups in total. The van der Waals surface area contributed by atoms with E-state index in [1.807, 2.05) is 0 Å². The molecule has 0 aromatic carbocycles. The third-order valence-corrected chi connectivity index (χ3v) is 4.98. The van der Waals surface area contributed by atoms with Crippen LogP contribution in [-0.2, 0) is 0 Å². The van der Waals surface area contributed by atoms with E-state index in [1.54, 1.807) is 0 Å². The second kappa shape index (κ2) is 7.05. The lowest BCUT2D eigenvalue weighted by Gasteiger charge is -2.46. The van der Waals surface area contributed by atoms with Crippen molar-refractivity contribution in [1.82, 2.24) is 15.1 Å². The van der Waals surface area contributed by atoms with E-state index in [2.05, 4.69) is 36.0 Å². The second-order valence-corrected chi connectivity index (χ2v) is 7.01. The lowest BCUT2D eigenvalue weighted by atomic mass is 9.84. The third kappa shape index (κ3) is 4.17. The van der Waals surface area contributed by atoms with Crippen molar-refractivity contribution in [3.05, 3.63) is 0 Å². The van der Waals surface area contributed by atoms with Gasteiger partial charge in [0, 0.05) is 38.8 Å². The van der Waals surface area contributed by atoms with Crippen LogP contribution in [0.3, 0.4) is 0 Å². The second-order valence-electron chi connectivity index (χ2n) is 7.01. The van der Waals surface area contributed by atoms with Gasteiger partial charge in [0.15, 0.2) is 0 Å². The molecule has 0 saturated carbocycles. The Bertz CT molecular complexity index is 261. The quantitative estimate of drug-likeness (QED) is 0.796. The van der Waals surface area contributed by atoms with Gasteiger partial charge in [-0.25, -0.2) is 0 Å². The predicted molar refractivity (Wildman–Crippen MR) is 82.6 cm³/mol. The van der Waals surface area contributed by atoms with Gasteiger partial charge in [-0.05, 0) is 38.3 Å². The molecule has 0 bridgehead atoms. The maximum absolute atomic E-state index is 3.40. The van der Waals surface area contributed by atoms with Crippen LogP contribution < -0.4 is 5.32 Å². The average Bonchev–Trinajstić information content (AvgIpc) is 2.39. The number of rotatable bonds is 6. The van der Waals surface area contributed by atoms with Crippen molar-refractivity contribution in [2.24, 2.45) is 5.41 Å². The third-order valence-electron chi connectivity index (χ3n) is 4.98. The smallest absolute Gasteiger partial charge is 0.0223 e. The van der Waals surface area contributed by atoms with Crippen LogP contribution in [0.5, 0.6) is 0 Å². The molecule has 19 heavy (non-hydrogen) atoms. The van der Waals surface area contributed by atoms with Crippen molar-refractivity contribution in [1.29, 1.82) is 0 Å². The number of piperidine rings is 1. The van der Waals surface area contributed by atoms with Gasteiger partial charge in [-0.15, -0.1) is 0 Å². The first-order valence-electron chi connectivity index (χ1n) is 8.28. The number of nitrogens with one attached hydrogen (secondary N) is 1. The molecule has 112 valence electrons. The number of piperazine rings is 1. The summed E-state index contributed by atoms with van der Waals surface area (Å²) in [5.74, 6) is 0. The monoisotopic (exact) mass is 267 g/mol. The van der Waals surface area contributed by atoms with Crippen LogP contribution in [0.25, 0.3) is 0 Å². The molecule has 2 rings (SSSR count). The first-order chi connectivity index (χ1) is 9.17. The fraction of sp³-hybridized carbons (Fsp3) is 1.00. The summed E-state index contributed by atoms with van der Waals surface area (Å²) in [5, 5.41) is 3.40. The molecule has 0 spiro atoms. The Labute approximate surface area is 119 Å². The largest absolute Gasteiger partial charge is 0.319 e. The van der Waals surface area contributed by atoms with Gasteiger partial charge < -0.3 is 5.32 Å². The van der Waals surface area contributed by atoms with E-state index in [9.17, 15) is 0 Å². The normalized spacial score (nSPS) is 28.9. The Morgan fingerprint density at radius 2 is 2.05 bits per heavy atom. The summed E-state index contributed by atoms with van der Waals surface area (Å²) in [7, 11) is 2.09. The summed E-state index contributed by atoms with van der Waals surface area (Å²) in [6.07, 6.45) is 6.91. The van der Waals surface area contributed by atoms with Crippen molar-refractivity contribution >= 4 is 0 Å². The van der Waals surface area contributed by atoms with E-state index in [1.165, 1.54) is 64.8 Å². The molecule has 2 saturated heterocycles. The zero-order valence-electron chi connectivity index (χ0n) is 13.2. The van der Waals surface area contributed by atoms with Crippen LogP contribution in [0, 0.1) is 5.41 Å². The van der Waals surface area contributed by atoms with Crippen molar-refractivity contribution in [2.75, 3.05) is 46.3 Å². The molecule has 3 nitrogen and oxygen atoms in total. The van der Waals surface area contributed by atoms with E-state index in [0.717, 1.165) is 12.6 Å². The number of hydrogen-bond donors (Lipinski definition) is 1. The van der Waals surface area contributed by atoms with Crippen molar-refractivity contribution in [3.8, 4) is 0 Å². The predicted octanol–water partition coefficient (Wildman–Crippen LogP) is 2.18. The lowest BCUT2D eigenvalue weighted by molar-refractivity contribution is 0.0271. The first-order valence-corrected chi connectivity index (χ1v) is 8.28. The molecule has 2 aliphatic heterocycles. The van der Waals surface area contributed by atoms with Gasteiger partial charge >= 0.3 is 0 Å². The molecule has 2 aliphatic rings. The van der Waals surface area contributed by atoms with Crippen LogP contribution >= 0.6 is 0 Å². The maximum Gasteiger partial charge on any atom is 0.0223 e. The van der Waals surface area contributed by atoms with Gasteiger partial charge in [-0.2, -0.15) is 0 Å². The molecule has 0 aromatic rings. The molecular weight excluding hydrogens is 234 g/mol. The Morgan fingerprint density at radius 1 is 1.21 bits per heavy atom. The lowest BCUT2D eigenvalue weighted by Crippen LogP contribution is -2.57. The molecule has 0 aliphatic carbocycles. The Morgan fingerprint density at radius 3 is 2.79 bits per heavy atom. The van der Waals surface area contributed by atoms with Crippen LogP contribution in [0.15, 0.2) is 0 Å². The van der Waals surface area contributed by atoms with Gasteiger partial charge in [0.2, 0.25) is 0 Å². The summed E-state index contributed by atoms with van der Waals surface area (Å²) in [4.78, 5) is 5.47. The van der Waals surface area contributed by atoms with Gasteiger partial charge in [-0.1, -0.05) is 26.7 Å². The minimum Gasteiger partial charge on any atom is -0.319 e. The van der Waals surface area contributed by atoms with Gasteiger partial charge in [-0.3, -0.25) is 9.80 Å². The van der Waals surface area contributed by atoms with Crippen LogP contribution in [0.1, 0.15) is 46.0 Å². The fourth-order valence-corrected chi connectivity index (χ4v) is 4.16. The van der Waals surface area contributed by atoms with E-state index in [0.29, 0.717) is 5.41 Å². The molecule has 0 radical (unpaired) electrons. The zero-order valence-corrected chi connectivity index (χ0v) is 13.2. The van der Waals surface area contributed by atoms with Gasteiger partial charge in [0.05, 0.1) is 0 Å². The minimum atomic E-state index is 0.445. The molecule has 0 amide bonds. The maximum atomic E-state index is 3.40. The molecule has 2 heterocycles. The summed E-state index contributed by atoms with van der Waals surface area (Å²) < 4.78 is 0. The standard InChI is InChI=1S/C16H33N3/c1-4-8-16(2,13-17-3)14-18-10-11-19-9-6-5-7-15(19)12-18/h15,17H,4-14H2,1-3H3. The molecule has 3 heteroatoms. The Balaban J connectivity index is 1.87. The summed E-state index contributed by atoms with van der Waals surface area (Å²) in [6.45, 7) is 12.4. The summed E-state index contributed by atoms with van der Waals surface area (Å²) in [6, 6.07) is 0.850. The van der Waals surface area contributed by atoms with Gasteiger partial charge in [0.25, 0.3) is 0 Å². The summed E-state index contributed by atoms with van der Waals surface area (Å²) >= 11 is 0.